The van der Waals surface area contributed by atoms with Crippen molar-refractivity contribution in [2.24, 2.45) is 4.99 Å². The van der Waals surface area contributed by atoms with Crippen molar-refractivity contribution >= 4 is 5.84 Å². The second-order valence-electron chi connectivity index (χ2n) is 3.94. The largest absolute Gasteiger partial charge is 0.372 e. The van der Waals surface area contributed by atoms with Gasteiger partial charge in [-0.2, -0.15) is 0 Å². The van der Waals surface area contributed by atoms with E-state index in [0.717, 1.165) is 25.6 Å². The maximum absolute atomic E-state index is 4.40. The number of rotatable bonds is 3. The SMILES string of the molecule is C1CCC(CCC2=NCCN2)NC1. The summed E-state index contributed by atoms with van der Waals surface area (Å²) in [6.07, 6.45) is 6.50. The third-order valence-electron chi connectivity index (χ3n) is 2.89. The summed E-state index contributed by atoms with van der Waals surface area (Å²) in [4.78, 5) is 4.40. The molecule has 0 bridgehead atoms. The normalized spacial score (nSPS) is 28.3. The van der Waals surface area contributed by atoms with Crippen LogP contribution in [0.2, 0.25) is 0 Å². The van der Waals surface area contributed by atoms with Crippen LogP contribution in [0.25, 0.3) is 0 Å². The van der Waals surface area contributed by atoms with Gasteiger partial charge in [0.2, 0.25) is 0 Å². The molecule has 1 fully saturated rings. The van der Waals surface area contributed by atoms with Gasteiger partial charge in [0.05, 0.1) is 12.4 Å². The number of amidine groups is 1. The number of nitrogens with zero attached hydrogens (tertiary/aromatic N) is 1. The van der Waals surface area contributed by atoms with Crippen LogP contribution in [0.3, 0.4) is 0 Å². The molecule has 1 atom stereocenters. The summed E-state index contributed by atoms with van der Waals surface area (Å²) >= 11 is 0. The molecule has 0 amide bonds. The van der Waals surface area contributed by atoms with Crippen molar-refractivity contribution < 1.29 is 0 Å². The number of aliphatic imine (C=N–C) groups is 1. The molecule has 1 saturated heterocycles. The van der Waals surface area contributed by atoms with E-state index in [1.165, 1.54) is 38.1 Å². The summed E-state index contributed by atoms with van der Waals surface area (Å²) in [5, 5.41) is 6.88. The van der Waals surface area contributed by atoms with Crippen LogP contribution in [-0.4, -0.2) is 31.5 Å². The predicted molar refractivity (Wildman–Crippen MR) is 55.2 cm³/mol. The summed E-state index contributed by atoms with van der Waals surface area (Å²) in [5.74, 6) is 1.23. The summed E-state index contributed by atoms with van der Waals surface area (Å²) in [5.41, 5.74) is 0. The molecular weight excluding hydrogens is 162 g/mol. The zero-order valence-electron chi connectivity index (χ0n) is 8.18. The fourth-order valence-electron chi connectivity index (χ4n) is 2.10. The minimum absolute atomic E-state index is 0.749. The summed E-state index contributed by atoms with van der Waals surface area (Å²) in [6.45, 7) is 3.24. The molecule has 0 radical (unpaired) electrons. The van der Waals surface area contributed by atoms with Crippen molar-refractivity contribution in [2.75, 3.05) is 19.6 Å². The molecule has 1 unspecified atom stereocenters. The highest BCUT2D eigenvalue weighted by Gasteiger charge is 2.13. The average molecular weight is 181 g/mol. The van der Waals surface area contributed by atoms with Crippen molar-refractivity contribution in [3.05, 3.63) is 0 Å². The van der Waals surface area contributed by atoms with Crippen LogP contribution in [-0.2, 0) is 0 Å². The van der Waals surface area contributed by atoms with E-state index in [1.807, 2.05) is 0 Å². The van der Waals surface area contributed by atoms with Crippen molar-refractivity contribution in [1.29, 1.82) is 0 Å². The van der Waals surface area contributed by atoms with Gasteiger partial charge in [-0.1, -0.05) is 6.42 Å². The first-order chi connectivity index (χ1) is 6.45. The van der Waals surface area contributed by atoms with Crippen molar-refractivity contribution in [3.63, 3.8) is 0 Å². The van der Waals surface area contributed by atoms with Crippen molar-refractivity contribution in [3.8, 4) is 0 Å². The second-order valence-corrected chi connectivity index (χ2v) is 3.94. The monoisotopic (exact) mass is 181 g/mol. The molecule has 13 heavy (non-hydrogen) atoms. The molecule has 2 aliphatic heterocycles. The first-order valence-electron chi connectivity index (χ1n) is 5.46. The van der Waals surface area contributed by atoms with Crippen LogP contribution in [0.5, 0.6) is 0 Å². The Labute approximate surface area is 80.0 Å². The van der Waals surface area contributed by atoms with Gasteiger partial charge in [-0.05, 0) is 25.8 Å². The lowest BCUT2D eigenvalue weighted by Crippen LogP contribution is -2.34. The fourth-order valence-corrected chi connectivity index (χ4v) is 2.10. The van der Waals surface area contributed by atoms with Gasteiger partial charge in [-0.25, -0.2) is 0 Å². The minimum atomic E-state index is 0.749. The molecule has 0 saturated carbocycles. The minimum Gasteiger partial charge on any atom is -0.372 e. The van der Waals surface area contributed by atoms with E-state index in [1.54, 1.807) is 0 Å². The Bertz CT molecular complexity index is 183. The number of nitrogens with one attached hydrogen (secondary N) is 2. The molecule has 0 aromatic carbocycles. The van der Waals surface area contributed by atoms with Crippen LogP contribution >= 0.6 is 0 Å². The van der Waals surface area contributed by atoms with Crippen LogP contribution in [0, 0.1) is 0 Å². The van der Waals surface area contributed by atoms with Gasteiger partial charge >= 0.3 is 0 Å². The molecule has 2 rings (SSSR count). The molecule has 3 nitrogen and oxygen atoms in total. The molecule has 0 aromatic rings. The Morgan fingerprint density at radius 1 is 1.31 bits per heavy atom. The maximum Gasteiger partial charge on any atom is 0.0965 e. The smallest absolute Gasteiger partial charge is 0.0965 e. The average Bonchev–Trinajstić information content (AvgIpc) is 2.69. The van der Waals surface area contributed by atoms with Crippen molar-refractivity contribution in [2.45, 2.75) is 38.1 Å². The van der Waals surface area contributed by atoms with E-state index in [-0.39, 0.29) is 0 Å². The first-order valence-corrected chi connectivity index (χ1v) is 5.46. The van der Waals surface area contributed by atoms with Gasteiger partial charge in [0.15, 0.2) is 0 Å². The quantitative estimate of drug-likeness (QED) is 0.679. The number of piperidine rings is 1. The third kappa shape index (κ3) is 2.69. The molecule has 3 heteroatoms. The Kier molecular flexibility index (Phi) is 3.19. The standard InChI is InChI=1S/C10H19N3/c1-2-6-11-9(3-1)4-5-10-12-7-8-13-10/h9,11H,1-8H2,(H,12,13). The summed E-state index contributed by atoms with van der Waals surface area (Å²) < 4.78 is 0. The lowest BCUT2D eigenvalue weighted by Gasteiger charge is -2.23. The highest BCUT2D eigenvalue weighted by atomic mass is 15.1. The Balaban J connectivity index is 1.66. The van der Waals surface area contributed by atoms with E-state index < -0.39 is 0 Å². The van der Waals surface area contributed by atoms with Gasteiger partial charge in [-0.15, -0.1) is 0 Å². The first kappa shape index (κ1) is 9.00. The van der Waals surface area contributed by atoms with Gasteiger partial charge in [0.25, 0.3) is 0 Å². The topological polar surface area (TPSA) is 36.4 Å². The third-order valence-corrected chi connectivity index (χ3v) is 2.89. The summed E-state index contributed by atoms with van der Waals surface area (Å²) in [7, 11) is 0. The van der Waals surface area contributed by atoms with E-state index in [9.17, 15) is 0 Å². The molecule has 2 N–H and O–H groups in total. The zero-order valence-corrected chi connectivity index (χ0v) is 8.18. The van der Waals surface area contributed by atoms with Crippen molar-refractivity contribution in [1.82, 2.24) is 10.6 Å². The number of hydrogen-bond donors (Lipinski definition) is 2. The van der Waals surface area contributed by atoms with E-state index >= 15 is 0 Å². The second kappa shape index (κ2) is 4.61. The molecule has 2 heterocycles. The molecule has 74 valence electrons. The maximum atomic E-state index is 4.40. The van der Waals surface area contributed by atoms with Gasteiger partial charge in [-0.3, -0.25) is 4.99 Å². The Morgan fingerprint density at radius 2 is 2.31 bits per heavy atom. The molecule has 0 spiro atoms. The molecule has 0 aliphatic carbocycles. The van der Waals surface area contributed by atoms with Crippen LogP contribution < -0.4 is 10.6 Å². The fraction of sp³-hybridized carbons (Fsp3) is 0.900. The summed E-state index contributed by atoms with van der Waals surface area (Å²) in [6, 6.07) is 0.749. The van der Waals surface area contributed by atoms with Gasteiger partial charge < -0.3 is 10.6 Å². The van der Waals surface area contributed by atoms with E-state index in [0.29, 0.717) is 0 Å². The van der Waals surface area contributed by atoms with E-state index in [4.69, 9.17) is 0 Å². The zero-order chi connectivity index (χ0) is 8.93. The Hall–Kier alpha value is -0.570. The van der Waals surface area contributed by atoms with Gasteiger partial charge in [0.1, 0.15) is 0 Å². The van der Waals surface area contributed by atoms with Gasteiger partial charge in [0, 0.05) is 19.0 Å². The lowest BCUT2D eigenvalue weighted by molar-refractivity contribution is 0.386. The Morgan fingerprint density at radius 3 is 3.00 bits per heavy atom. The highest BCUT2D eigenvalue weighted by molar-refractivity contribution is 5.83. The van der Waals surface area contributed by atoms with Crippen LogP contribution in [0.4, 0.5) is 0 Å². The van der Waals surface area contributed by atoms with E-state index in [2.05, 4.69) is 15.6 Å². The van der Waals surface area contributed by atoms with Crippen LogP contribution in [0.1, 0.15) is 32.1 Å². The predicted octanol–water partition coefficient (Wildman–Crippen LogP) is 0.910. The number of hydrogen-bond acceptors (Lipinski definition) is 3. The highest BCUT2D eigenvalue weighted by Crippen LogP contribution is 2.12. The lowest BCUT2D eigenvalue weighted by atomic mass is 10.0. The molecule has 2 aliphatic rings. The molecular formula is C10H19N3. The molecule has 0 aromatic heterocycles. The van der Waals surface area contributed by atoms with Crippen LogP contribution in [0.15, 0.2) is 4.99 Å².